The lowest BCUT2D eigenvalue weighted by Crippen LogP contribution is -3.14. The molecule has 1 aromatic heterocycles. The Balaban J connectivity index is 1.49. The molecule has 1 aliphatic heterocycles. The third kappa shape index (κ3) is 3.79. The van der Waals surface area contributed by atoms with E-state index in [4.69, 9.17) is 4.98 Å². The van der Waals surface area contributed by atoms with Crippen molar-refractivity contribution in [2.24, 2.45) is 0 Å². The third-order valence-corrected chi connectivity index (χ3v) is 6.18. The summed E-state index contributed by atoms with van der Waals surface area (Å²) in [6.45, 7) is 3.56. The number of fused-ring (bicyclic) bond motifs is 1. The van der Waals surface area contributed by atoms with Crippen LogP contribution in [-0.2, 0) is 4.79 Å². The molecule has 134 valence electrons. The van der Waals surface area contributed by atoms with Crippen LogP contribution in [-0.4, -0.2) is 24.0 Å². The molecule has 2 heterocycles. The Kier molecular flexibility index (Phi) is 5.00. The minimum atomic E-state index is 0.0820. The van der Waals surface area contributed by atoms with Gasteiger partial charge in [-0.3, -0.25) is 4.79 Å². The molecule has 0 radical (unpaired) electrons. The number of nitrogens with zero attached hydrogens (tertiary/aromatic N) is 1. The normalized spacial score (nSPS) is 20.2. The van der Waals surface area contributed by atoms with Crippen molar-refractivity contribution in [1.82, 2.24) is 4.98 Å². The average molecular weight is 367 g/mol. The number of piperidine rings is 1. The van der Waals surface area contributed by atoms with E-state index in [-0.39, 0.29) is 5.91 Å². The molecule has 5 heteroatoms. The summed E-state index contributed by atoms with van der Waals surface area (Å²) in [4.78, 5) is 18.8. The zero-order valence-electron chi connectivity index (χ0n) is 15.0. The van der Waals surface area contributed by atoms with E-state index in [2.05, 4.69) is 23.5 Å². The van der Waals surface area contributed by atoms with Crippen molar-refractivity contribution in [3.05, 3.63) is 59.1 Å². The number of aryl methyl sites for hydroxylation is 1. The van der Waals surface area contributed by atoms with Crippen molar-refractivity contribution in [1.29, 1.82) is 0 Å². The van der Waals surface area contributed by atoms with Gasteiger partial charge in [-0.15, -0.1) is 11.3 Å². The fraction of sp³-hybridized carbons (Fsp3) is 0.333. The van der Waals surface area contributed by atoms with Crippen LogP contribution in [0, 0.1) is 6.92 Å². The van der Waals surface area contributed by atoms with Gasteiger partial charge < -0.3 is 10.2 Å². The van der Waals surface area contributed by atoms with Gasteiger partial charge in [-0.2, -0.15) is 0 Å². The first kappa shape index (κ1) is 17.2. The van der Waals surface area contributed by atoms with Gasteiger partial charge in [-0.25, -0.2) is 4.98 Å². The molecule has 2 aromatic carbocycles. The first-order chi connectivity index (χ1) is 12.7. The van der Waals surface area contributed by atoms with Crippen LogP contribution in [0.4, 0.5) is 5.69 Å². The second kappa shape index (κ2) is 7.56. The number of quaternary nitrogens is 1. The van der Waals surface area contributed by atoms with Crippen molar-refractivity contribution in [3.63, 3.8) is 0 Å². The van der Waals surface area contributed by atoms with Gasteiger partial charge in [0.2, 0.25) is 0 Å². The van der Waals surface area contributed by atoms with E-state index < -0.39 is 0 Å². The summed E-state index contributed by atoms with van der Waals surface area (Å²) in [5, 5.41) is 4.22. The van der Waals surface area contributed by atoms with E-state index in [1.54, 1.807) is 11.3 Å². The number of hydrogen-bond acceptors (Lipinski definition) is 3. The first-order valence-corrected chi connectivity index (χ1v) is 10.1. The van der Waals surface area contributed by atoms with Gasteiger partial charge in [0.1, 0.15) is 6.04 Å². The molecule has 0 spiro atoms. The molecule has 1 unspecified atom stereocenters. The SMILES string of the molecule is Cc1cccc(NC(=O)C[NH+]2CCCC[C@H]2c2nc3ccccc3s2)c1. The highest BCUT2D eigenvalue weighted by Gasteiger charge is 2.31. The maximum Gasteiger partial charge on any atom is 0.279 e. The van der Waals surface area contributed by atoms with Crippen LogP contribution < -0.4 is 10.2 Å². The first-order valence-electron chi connectivity index (χ1n) is 9.25. The smallest absolute Gasteiger partial charge is 0.279 e. The number of nitrogens with one attached hydrogen (secondary N) is 2. The molecular formula is C21H24N3OS+. The maximum absolute atomic E-state index is 12.6. The number of amides is 1. The minimum Gasteiger partial charge on any atom is -0.321 e. The maximum atomic E-state index is 12.6. The Bertz CT molecular complexity index is 887. The van der Waals surface area contributed by atoms with Gasteiger partial charge >= 0.3 is 0 Å². The van der Waals surface area contributed by atoms with E-state index in [9.17, 15) is 4.79 Å². The van der Waals surface area contributed by atoms with Crippen LogP contribution >= 0.6 is 11.3 Å². The Labute approximate surface area is 157 Å². The number of hydrogen-bond donors (Lipinski definition) is 2. The number of para-hydroxylation sites is 1. The Morgan fingerprint density at radius 2 is 2.12 bits per heavy atom. The quantitative estimate of drug-likeness (QED) is 0.744. The molecule has 4 rings (SSSR count). The number of carbonyl (C=O) groups is 1. The summed E-state index contributed by atoms with van der Waals surface area (Å²) >= 11 is 1.78. The van der Waals surface area contributed by atoms with Crippen molar-refractivity contribution in [2.75, 3.05) is 18.4 Å². The molecule has 4 nitrogen and oxygen atoms in total. The Hall–Kier alpha value is -2.24. The summed E-state index contributed by atoms with van der Waals surface area (Å²) in [5.41, 5.74) is 3.10. The predicted octanol–water partition coefficient (Wildman–Crippen LogP) is 3.35. The summed E-state index contributed by atoms with van der Waals surface area (Å²) in [6, 6.07) is 16.6. The summed E-state index contributed by atoms with van der Waals surface area (Å²) in [7, 11) is 0. The van der Waals surface area contributed by atoms with E-state index in [0.717, 1.165) is 29.7 Å². The number of aromatic nitrogens is 1. The zero-order chi connectivity index (χ0) is 17.9. The van der Waals surface area contributed by atoms with Crippen LogP contribution in [0.5, 0.6) is 0 Å². The molecule has 3 aromatic rings. The molecule has 1 saturated heterocycles. The number of anilines is 1. The fourth-order valence-corrected chi connectivity index (χ4v) is 4.92. The lowest BCUT2D eigenvalue weighted by atomic mass is 10.0. The number of likely N-dealkylation sites (tertiary alicyclic amines) is 1. The third-order valence-electron chi connectivity index (χ3n) is 5.03. The van der Waals surface area contributed by atoms with Crippen LogP contribution in [0.15, 0.2) is 48.5 Å². The van der Waals surface area contributed by atoms with Crippen LogP contribution in [0.25, 0.3) is 10.2 Å². The van der Waals surface area contributed by atoms with Gasteiger partial charge in [-0.1, -0.05) is 24.3 Å². The van der Waals surface area contributed by atoms with E-state index in [1.807, 2.05) is 37.3 Å². The molecule has 1 fully saturated rings. The summed E-state index contributed by atoms with van der Waals surface area (Å²) in [5.74, 6) is 0.0820. The van der Waals surface area contributed by atoms with Crippen LogP contribution in [0.1, 0.15) is 35.9 Å². The predicted molar refractivity (Wildman–Crippen MR) is 107 cm³/mol. The monoisotopic (exact) mass is 366 g/mol. The molecule has 0 bridgehead atoms. The number of carbonyl (C=O) groups excluding carboxylic acids is 1. The second-order valence-corrected chi connectivity index (χ2v) is 8.13. The van der Waals surface area contributed by atoms with Gasteiger partial charge in [-0.05, 0) is 49.6 Å². The van der Waals surface area contributed by atoms with E-state index in [1.165, 1.54) is 27.4 Å². The van der Waals surface area contributed by atoms with Crippen LogP contribution in [0.3, 0.4) is 0 Å². The molecular weight excluding hydrogens is 342 g/mol. The van der Waals surface area contributed by atoms with Crippen molar-refractivity contribution >= 4 is 33.1 Å². The number of thiazole rings is 1. The highest BCUT2D eigenvalue weighted by Crippen LogP contribution is 2.28. The zero-order valence-corrected chi connectivity index (χ0v) is 15.8. The average Bonchev–Trinajstić information content (AvgIpc) is 3.06. The second-order valence-electron chi connectivity index (χ2n) is 7.07. The highest BCUT2D eigenvalue weighted by atomic mass is 32.1. The van der Waals surface area contributed by atoms with Crippen molar-refractivity contribution in [2.45, 2.75) is 32.2 Å². The highest BCUT2D eigenvalue weighted by molar-refractivity contribution is 7.18. The lowest BCUT2D eigenvalue weighted by molar-refractivity contribution is -0.929. The fourth-order valence-electron chi connectivity index (χ4n) is 3.76. The summed E-state index contributed by atoms with van der Waals surface area (Å²) in [6.07, 6.45) is 3.49. The Morgan fingerprint density at radius 3 is 2.96 bits per heavy atom. The minimum absolute atomic E-state index is 0.0820. The van der Waals surface area contributed by atoms with E-state index in [0.29, 0.717) is 12.6 Å². The van der Waals surface area contributed by atoms with E-state index >= 15 is 0 Å². The topological polar surface area (TPSA) is 46.4 Å². The van der Waals surface area contributed by atoms with Crippen molar-refractivity contribution in [3.8, 4) is 0 Å². The number of rotatable bonds is 4. The lowest BCUT2D eigenvalue weighted by Gasteiger charge is -2.30. The van der Waals surface area contributed by atoms with Crippen molar-refractivity contribution < 1.29 is 9.69 Å². The molecule has 0 aliphatic carbocycles. The molecule has 26 heavy (non-hydrogen) atoms. The largest absolute Gasteiger partial charge is 0.321 e. The molecule has 0 saturated carbocycles. The Morgan fingerprint density at radius 1 is 1.23 bits per heavy atom. The van der Waals surface area contributed by atoms with Crippen LogP contribution in [0.2, 0.25) is 0 Å². The van der Waals surface area contributed by atoms with Gasteiger partial charge in [0.25, 0.3) is 5.91 Å². The molecule has 1 aliphatic rings. The number of benzene rings is 2. The van der Waals surface area contributed by atoms with Gasteiger partial charge in [0.15, 0.2) is 11.6 Å². The van der Waals surface area contributed by atoms with Gasteiger partial charge in [0.05, 0.1) is 16.8 Å². The van der Waals surface area contributed by atoms with Gasteiger partial charge in [0, 0.05) is 12.1 Å². The molecule has 1 amide bonds. The molecule has 2 atom stereocenters. The molecule has 2 N–H and O–H groups in total. The summed E-state index contributed by atoms with van der Waals surface area (Å²) < 4.78 is 1.23. The standard InChI is InChI=1S/C21H23N3OS/c1-15-7-6-8-16(13-15)22-20(25)14-24-12-5-4-10-18(24)21-23-17-9-2-3-11-19(17)26-21/h2-3,6-9,11,13,18H,4-5,10,12,14H2,1H3,(H,22,25)/p+1/t18-/m0/s1.